The van der Waals surface area contributed by atoms with Gasteiger partial charge < -0.3 is 9.73 Å². The van der Waals surface area contributed by atoms with E-state index in [2.05, 4.69) is 17.4 Å². The molecule has 3 aromatic rings. The van der Waals surface area contributed by atoms with E-state index in [4.69, 9.17) is 16.0 Å². The van der Waals surface area contributed by atoms with E-state index in [9.17, 15) is 9.59 Å². The summed E-state index contributed by atoms with van der Waals surface area (Å²) in [7, 11) is 0. The molecule has 0 radical (unpaired) electrons. The molecule has 5 nitrogen and oxygen atoms in total. The van der Waals surface area contributed by atoms with Gasteiger partial charge in [0.2, 0.25) is 5.91 Å². The monoisotopic (exact) mass is 390 g/mol. The quantitative estimate of drug-likeness (QED) is 0.467. The van der Waals surface area contributed by atoms with Crippen molar-refractivity contribution in [3.8, 4) is 0 Å². The smallest absolute Gasteiger partial charge is 0.408 e. The van der Waals surface area contributed by atoms with Crippen molar-refractivity contribution < 1.29 is 9.21 Å². The van der Waals surface area contributed by atoms with Crippen LogP contribution in [0.15, 0.2) is 62.6 Å². The lowest BCUT2D eigenvalue weighted by Crippen LogP contribution is -2.27. The van der Waals surface area contributed by atoms with Gasteiger partial charge in [0.15, 0.2) is 5.58 Å². The first-order valence-corrected chi connectivity index (χ1v) is 9.73. The van der Waals surface area contributed by atoms with Gasteiger partial charge in [0.1, 0.15) is 0 Å². The van der Waals surface area contributed by atoms with Crippen LogP contribution >= 0.6 is 23.4 Å². The first kappa shape index (κ1) is 18.6. The molecule has 0 unspecified atom stereocenters. The maximum atomic E-state index is 12.0. The molecule has 0 aliphatic carbocycles. The Bertz CT molecular complexity index is 937. The number of carbonyl (C=O) groups excluding carboxylic acids is 1. The largest absolute Gasteiger partial charge is 0.419 e. The van der Waals surface area contributed by atoms with Crippen LogP contribution in [0.1, 0.15) is 12.8 Å². The van der Waals surface area contributed by atoms with Crippen molar-refractivity contribution in [1.29, 1.82) is 0 Å². The highest BCUT2D eigenvalue weighted by molar-refractivity contribution is 7.99. The number of nitrogens with zero attached hydrogens (tertiary/aromatic N) is 1. The summed E-state index contributed by atoms with van der Waals surface area (Å²) in [5, 5.41) is 3.39. The van der Waals surface area contributed by atoms with Crippen LogP contribution in [0.3, 0.4) is 0 Å². The fourth-order valence-corrected chi connectivity index (χ4v) is 3.60. The zero-order valence-electron chi connectivity index (χ0n) is 14.1. The van der Waals surface area contributed by atoms with E-state index in [1.54, 1.807) is 30.0 Å². The minimum atomic E-state index is -0.477. The summed E-state index contributed by atoms with van der Waals surface area (Å²) in [6, 6.07) is 15.2. The summed E-state index contributed by atoms with van der Waals surface area (Å²) in [6.07, 6.45) is 1.11. The number of benzene rings is 2. The normalized spacial score (nSPS) is 11.0. The second-order valence-corrected chi connectivity index (χ2v) is 7.35. The molecule has 0 aliphatic rings. The van der Waals surface area contributed by atoms with Gasteiger partial charge in [-0.1, -0.05) is 29.8 Å². The van der Waals surface area contributed by atoms with E-state index in [1.807, 2.05) is 18.2 Å². The molecule has 3 rings (SSSR count). The van der Waals surface area contributed by atoms with Gasteiger partial charge >= 0.3 is 5.76 Å². The van der Waals surface area contributed by atoms with Crippen LogP contribution < -0.4 is 11.1 Å². The fraction of sp³-hybridized carbons (Fsp3) is 0.263. The number of carbonyl (C=O) groups is 1. The zero-order chi connectivity index (χ0) is 18.4. The summed E-state index contributed by atoms with van der Waals surface area (Å²) in [5.74, 6) is 0.385. The third-order valence-electron chi connectivity index (χ3n) is 3.85. The van der Waals surface area contributed by atoms with Gasteiger partial charge in [0.25, 0.3) is 0 Å². The van der Waals surface area contributed by atoms with Gasteiger partial charge in [0.05, 0.1) is 5.52 Å². The molecule has 0 spiro atoms. The van der Waals surface area contributed by atoms with E-state index < -0.39 is 5.76 Å². The van der Waals surface area contributed by atoms with Gasteiger partial charge in [-0.2, -0.15) is 0 Å². The first-order chi connectivity index (χ1) is 12.6. The van der Waals surface area contributed by atoms with Gasteiger partial charge in [-0.05, 0) is 36.4 Å². The molecular formula is C19H19ClN2O3S. The molecule has 1 amide bonds. The van der Waals surface area contributed by atoms with Crippen LogP contribution in [-0.4, -0.2) is 22.8 Å². The molecule has 1 aromatic heterocycles. The molecule has 7 heteroatoms. The average Bonchev–Trinajstić information content (AvgIpc) is 2.94. The Morgan fingerprint density at radius 3 is 2.81 bits per heavy atom. The molecule has 0 fully saturated rings. The first-order valence-electron chi connectivity index (χ1n) is 8.37. The van der Waals surface area contributed by atoms with Gasteiger partial charge in [-0.15, -0.1) is 11.8 Å². The third kappa shape index (κ3) is 4.93. The number of amides is 1. The van der Waals surface area contributed by atoms with Crippen molar-refractivity contribution in [3.63, 3.8) is 0 Å². The Labute approximate surface area is 160 Å². The number of fused-ring (bicyclic) bond motifs is 1. The van der Waals surface area contributed by atoms with Crippen LogP contribution in [-0.2, 0) is 11.3 Å². The highest BCUT2D eigenvalue weighted by atomic mass is 35.5. The number of halogens is 1. The number of aromatic nitrogens is 1. The lowest BCUT2D eigenvalue weighted by molar-refractivity contribution is -0.121. The Balaban J connectivity index is 1.42. The number of aryl methyl sites for hydroxylation is 1. The highest BCUT2D eigenvalue weighted by Gasteiger charge is 2.11. The van der Waals surface area contributed by atoms with Crippen molar-refractivity contribution in [2.45, 2.75) is 24.3 Å². The van der Waals surface area contributed by atoms with E-state index in [-0.39, 0.29) is 18.9 Å². The van der Waals surface area contributed by atoms with E-state index in [0.717, 1.165) is 12.2 Å². The fourth-order valence-electron chi connectivity index (χ4n) is 2.56. The molecule has 1 heterocycles. The molecule has 0 saturated heterocycles. The Hall–Kier alpha value is -2.18. The van der Waals surface area contributed by atoms with Crippen molar-refractivity contribution in [3.05, 3.63) is 64.1 Å². The summed E-state index contributed by atoms with van der Waals surface area (Å²) in [5.41, 5.74) is 1.08. The second-order valence-electron chi connectivity index (χ2n) is 5.75. The summed E-state index contributed by atoms with van der Waals surface area (Å²) >= 11 is 7.66. The molecule has 0 bridgehead atoms. The van der Waals surface area contributed by atoms with Gasteiger partial charge in [0, 0.05) is 35.5 Å². The number of nitrogens with one attached hydrogen (secondary N) is 1. The zero-order valence-corrected chi connectivity index (χ0v) is 15.7. The molecule has 0 saturated carbocycles. The number of hydrogen-bond donors (Lipinski definition) is 1. The minimum absolute atomic E-state index is 0.0788. The van der Waals surface area contributed by atoms with E-state index >= 15 is 0 Å². The van der Waals surface area contributed by atoms with E-state index in [0.29, 0.717) is 22.7 Å². The number of thioether (sulfide) groups is 1. The predicted molar refractivity (Wildman–Crippen MR) is 105 cm³/mol. The molecule has 26 heavy (non-hydrogen) atoms. The van der Waals surface area contributed by atoms with Gasteiger partial charge in [-0.25, -0.2) is 4.79 Å². The standard InChI is InChI=1S/C19H19ClN2O3S/c20-14-7-8-16-17(13-14)25-19(24)22(16)11-9-18(23)21-10-4-12-26-15-5-2-1-3-6-15/h1-3,5-8,13H,4,9-12H2,(H,21,23). The third-order valence-corrected chi connectivity index (χ3v) is 5.18. The second kappa shape index (κ2) is 8.96. The summed E-state index contributed by atoms with van der Waals surface area (Å²) in [6.45, 7) is 0.896. The molecule has 0 aliphatic heterocycles. The average molecular weight is 391 g/mol. The van der Waals surface area contributed by atoms with Crippen LogP contribution in [0.5, 0.6) is 0 Å². The van der Waals surface area contributed by atoms with Crippen LogP contribution in [0.25, 0.3) is 11.1 Å². The predicted octanol–water partition coefficient (Wildman–Crippen LogP) is 3.94. The van der Waals surface area contributed by atoms with Crippen molar-refractivity contribution in [2.75, 3.05) is 12.3 Å². The van der Waals surface area contributed by atoms with Crippen molar-refractivity contribution >= 4 is 40.4 Å². The van der Waals surface area contributed by atoms with Crippen LogP contribution in [0.4, 0.5) is 0 Å². The molecular weight excluding hydrogens is 372 g/mol. The Kier molecular flexibility index (Phi) is 6.41. The summed E-state index contributed by atoms with van der Waals surface area (Å²) < 4.78 is 6.61. The van der Waals surface area contributed by atoms with Crippen molar-refractivity contribution in [1.82, 2.24) is 9.88 Å². The SMILES string of the molecule is O=C(CCn1c(=O)oc2cc(Cl)ccc21)NCCCSc1ccccc1. The molecule has 2 aromatic carbocycles. The molecule has 0 atom stereocenters. The van der Waals surface area contributed by atoms with E-state index in [1.165, 1.54) is 9.46 Å². The lowest BCUT2D eigenvalue weighted by Gasteiger charge is -2.06. The summed E-state index contributed by atoms with van der Waals surface area (Å²) in [4.78, 5) is 25.1. The number of oxazole rings is 1. The molecule has 1 N–H and O–H groups in total. The van der Waals surface area contributed by atoms with Crippen LogP contribution in [0.2, 0.25) is 5.02 Å². The Morgan fingerprint density at radius 2 is 2.00 bits per heavy atom. The topological polar surface area (TPSA) is 64.2 Å². The highest BCUT2D eigenvalue weighted by Crippen LogP contribution is 2.19. The van der Waals surface area contributed by atoms with Gasteiger partial charge in [-0.3, -0.25) is 9.36 Å². The van der Waals surface area contributed by atoms with Crippen molar-refractivity contribution in [2.24, 2.45) is 0 Å². The van der Waals surface area contributed by atoms with Crippen LogP contribution in [0, 0.1) is 0 Å². The minimum Gasteiger partial charge on any atom is -0.408 e. The Morgan fingerprint density at radius 1 is 1.19 bits per heavy atom. The lowest BCUT2D eigenvalue weighted by atomic mass is 10.3. The maximum Gasteiger partial charge on any atom is 0.419 e. The maximum absolute atomic E-state index is 12.0. The molecule has 136 valence electrons. The number of hydrogen-bond acceptors (Lipinski definition) is 4. The number of rotatable bonds is 8.